The lowest BCUT2D eigenvalue weighted by Crippen LogP contribution is -2.05. The molecular weight excluding hydrogens is 481 g/mol. The number of carboxylic acid groups (broad SMARTS) is 1. The van der Waals surface area contributed by atoms with Gasteiger partial charge in [0, 0.05) is 26.9 Å². The Morgan fingerprint density at radius 1 is 1.06 bits per heavy atom. The summed E-state index contributed by atoms with van der Waals surface area (Å²) in [6, 6.07) is 16.9. The fourth-order valence-electron chi connectivity index (χ4n) is 3.71. The van der Waals surface area contributed by atoms with E-state index in [4.69, 9.17) is 5.11 Å². The van der Waals surface area contributed by atoms with E-state index in [2.05, 4.69) is 11.2 Å². The number of alkyl halides is 3. The van der Waals surface area contributed by atoms with Crippen LogP contribution in [0.5, 0.6) is 0 Å². The molecule has 4 nitrogen and oxygen atoms in total. The van der Waals surface area contributed by atoms with Gasteiger partial charge in [0.15, 0.2) is 0 Å². The van der Waals surface area contributed by atoms with Gasteiger partial charge in [-0.3, -0.25) is 4.79 Å². The monoisotopic (exact) mass is 498 g/mol. The summed E-state index contributed by atoms with van der Waals surface area (Å²) >= 11 is 3.22. The number of halogens is 3. The Morgan fingerprint density at radius 3 is 2.59 bits per heavy atom. The number of aromatic nitrogens is 2. The number of carboxylic acids is 1. The SMILES string of the molecule is O=C(O)Cc1csc2cc(SCc3ccc4cn(-c5ccc(C(F)(F)F)cc5)nc4c3)ccc12. The Bertz CT molecular complexity index is 1500. The summed E-state index contributed by atoms with van der Waals surface area (Å²) < 4.78 is 41.1. The van der Waals surface area contributed by atoms with E-state index in [0.717, 1.165) is 54.9 Å². The molecule has 0 saturated heterocycles. The van der Waals surface area contributed by atoms with Gasteiger partial charge in [-0.2, -0.15) is 18.3 Å². The molecule has 2 aromatic heterocycles. The molecule has 1 N–H and O–H groups in total. The van der Waals surface area contributed by atoms with Crippen molar-refractivity contribution >= 4 is 50.1 Å². The molecule has 0 aliphatic carbocycles. The van der Waals surface area contributed by atoms with Gasteiger partial charge in [-0.1, -0.05) is 18.2 Å². The molecule has 0 aliphatic rings. The van der Waals surface area contributed by atoms with E-state index in [-0.39, 0.29) is 6.42 Å². The van der Waals surface area contributed by atoms with Gasteiger partial charge in [0.05, 0.1) is 23.2 Å². The molecule has 2 heterocycles. The van der Waals surface area contributed by atoms with Crippen molar-refractivity contribution in [1.29, 1.82) is 0 Å². The summed E-state index contributed by atoms with van der Waals surface area (Å²) in [6.07, 6.45) is -2.55. The van der Waals surface area contributed by atoms with Crippen LogP contribution in [0.4, 0.5) is 13.2 Å². The molecule has 172 valence electrons. The number of nitrogens with zero attached hydrogens (tertiary/aromatic N) is 2. The summed E-state index contributed by atoms with van der Waals surface area (Å²) in [5.41, 5.74) is 2.55. The fraction of sp³-hybridized carbons (Fsp3) is 0.120. The molecule has 0 atom stereocenters. The minimum Gasteiger partial charge on any atom is -0.481 e. The van der Waals surface area contributed by atoms with Crippen molar-refractivity contribution in [2.24, 2.45) is 0 Å². The van der Waals surface area contributed by atoms with E-state index in [1.54, 1.807) is 34.0 Å². The van der Waals surface area contributed by atoms with E-state index in [1.165, 1.54) is 12.1 Å². The lowest BCUT2D eigenvalue weighted by Gasteiger charge is -2.07. The number of aliphatic carboxylic acids is 1. The summed E-state index contributed by atoms with van der Waals surface area (Å²) in [5.74, 6) is -0.114. The number of thioether (sulfide) groups is 1. The molecule has 0 saturated carbocycles. The third-order valence-electron chi connectivity index (χ3n) is 5.41. The first-order chi connectivity index (χ1) is 16.3. The van der Waals surface area contributed by atoms with Gasteiger partial charge in [-0.05, 0) is 64.4 Å². The Balaban J connectivity index is 1.31. The maximum Gasteiger partial charge on any atom is 0.416 e. The topological polar surface area (TPSA) is 55.1 Å². The second-order valence-electron chi connectivity index (χ2n) is 7.79. The molecule has 3 aromatic carbocycles. The van der Waals surface area contributed by atoms with E-state index in [0.29, 0.717) is 5.69 Å². The standard InChI is InChI=1S/C25H17F3N2O2S2/c26-25(27,28)18-3-5-19(6-4-18)30-12-16-2-1-15(9-22(16)29-30)13-33-20-7-8-21-17(10-24(31)32)14-34-23(21)11-20/h1-9,11-12,14H,10,13H2,(H,31,32). The van der Waals surface area contributed by atoms with E-state index in [1.807, 2.05) is 35.7 Å². The normalized spacial score (nSPS) is 12.0. The van der Waals surface area contributed by atoms with Crippen LogP contribution in [0.1, 0.15) is 16.7 Å². The van der Waals surface area contributed by atoms with Crippen LogP contribution >= 0.6 is 23.1 Å². The first kappa shape index (κ1) is 22.5. The number of hydrogen-bond donors (Lipinski definition) is 1. The van der Waals surface area contributed by atoms with Crippen molar-refractivity contribution in [3.63, 3.8) is 0 Å². The van der Waals surface area contributed by atoms with Crippen LogP contribution in [0.2, 0.25) is 0 Å². The van der Waals surface area contributed by atoms with Crippen LogP contribution in [0, 0.1) is 0 Å². The maximum absolute atomic E-state index is 12.8. The fourth-order valence-corrected chi connectivity index (χ4v) is 5.66. The van der Waals surface area contributed by atoms with Crippen LogP contribution in [-0.4, -0.2) is 20.9 Å². The van der Waals surface area contributed by atoms with E-state index >= 15 is 0 Å². The zero-order valence-corrected chi connectivity index (χ0v) is 19.2. The van der Waals surface area contributed by atoms with Crippen molar-refractivity contribution in [2.75, 3.05) is 0 Å². The van der Waals surface area contributed by atoms with Gasteiger partial charge in [0.2, 0.25) is 0 Å². The molecule has 5 aromatic rings. The molecule has 0 unspecified atom stereocenters. The number of benzene rings is 3. The number of thiophene rings is 1. The quantitative estimate of drug-likeness (QED) is 0.252. The summed E-state index contributed by atoms with van der Waals surface area (Å²) in [7, 11) is 0. The number of hydrogen-bond acceptors (Lipinski definition) is 4. The lowest BCUT2D eigenvalue weighted by atomic mass is 10.1. The van der Waals surface area contributed by atoms with Gasteiger partial charge in [-0.25, -0.2) is 4.68 Å². The third-order valence-corrected chi connectivity index (χ3v) is 7.46. The Hall–Kier alpha value is -3.30. The van der Waals surface area contributed by atoms with Crippen LogP contribution in [0.15, 0.2) is 77.1 Å². The Labute approximate surface area is 200 Å². The van der Waals surface area contributed by atoms with Crippen LogP contribution in [0.3, 0.4) is 0 Å². The van der Waals surface area contributed by atoms with Gasteiger partial charge in [0.25, 0.3) is 0 Å². The summed E-state index contributed by atoms with van der Waals surface area (Å²) in [6.45, 7) is 0. The molecule has 34 heavy (non-hydrogen) atoms. The van der Waals surface area contributed by atoms with Crippen molar-refractivity contribution in [3.05, 3.63) is 88.9 Å². The molecule has 5 rings (SSSR count). The molecule has 9 heteroatoms. The molecule has 0 fully saturated rings. The zero-order chi connectivity index (χ0) is 23.9. The van der Waals surface area contributed by atoms with Gasteiger partial charge >= 0.3 is 12.1 Å². The van der Waals surface area contributed by atoms with Gasteiger partial charge in [0.1, 0.15) is 0 Å². The maximum atomic E-state index is 12.8. The van der Waals surface area contributed by atoms with Crippen molar-refractivity contribution < 1.29 is 23.1 Å². The second-order valence-corrected chi connectivity index (χ2v) is 9.75. The third kappa shape index (κ3) is 4.67. The van der Waals surface area contributed by atoms with Gasteiger partial charge < -0.3 is 5.11 Å². The lowest BCUT2D eigenvalue weighted by molar-refractivity contribution is -0.138. The highest BCUT2D eigenvalue weighted by molar-refractivity contribution is 7.98. The van der Waals surface area contributed by atoms with Gasteiger partial charge in [-0.15, -0.1) is 23.1 Å². The predicted molar refractivity (Wildman–Crippen MR) is 129 cm³/mol. The van der Waals surface area contributed by atoms with Crippen molar-refractivity contribution in [3.8, 4) is 5.69 Å². The first-order valence-corrected chi connectivity index (χ1v) is 12.1. The highest BCUT2D eigenvalue weighted by Gasteiger charge is 2.30. The minimum atomic E-state index is -4.37. The Morgan fingerprint density at radius 2 is 1.85 bits per heavy atom. The molecule has 0 spiro atoms. The Kier molecular flexibility index (Phi) is 5.83. The second kappa shape index (κ2) is 8.81. The minimum absolute atomic E-state index is 0.0195. The van der Waals surface area contributed by atoms with Crippen LogP contribution in [-0.2, 0) is 23.1 Å². The van der Waals surface area contributed by atoms with Crippen molar-refractivity contribution in [2.45, 2.75) is 23.2 Å². The number of carbonyl (C=O) groups is 1. The smallest absolute Gasteiger partial charge is 0.416 e. The summed E-state index contributed by atoms with van der Waals surface area (Å²) in [5, 5.41) is 17.4. The molecule has 0 radical (unpaired) electrons. The molecule has 0 aliphatic heterocycles. The average molecular weight is 499 g/mol. The van der Waals surface area contributed by atoms with Crippen molar-refractivity contribution in [1.82, 2.24) is 9.78 Å². The van der Waals surface area contributed by atoms with Crippen LogP contribution < -0.4 is 0 Å². The highest BCUT2D eigenvalue weighted by atomic mass is 32.2. The van der Waals surface area contributed by atoms with E-state index in [9.17, 15) is 18.0 Å². The molecule has 0 amide bonds. The number of rotatable bonds is 6. The molecular formula is C25H17F3N2O2S2. The predicted octanol–water partition coefficient (Wildman–Crippen LogP) is 7.18. The van der Waals surface area contributed by atoms with Crippen LogP contribution in [0.25, 0.3) is 26.7 Å². The summed E-state index contributed by atoms with van der Waals surface area (Å²) in [4.78, 5) is 12.1. The highest BCUT2D eigenvalue weighted by Crippen LogP contribution is 2.33. The van der Waals surface area contributed by atoms with E-state index < -0.39 is 17.7 Å². The average Bonchev–Trinajstić information content (AvgIpc) is 3.40. The molecule has 0 bridgehead atoms. The zero-order valence-electron chi connectivity index (χ0n) is 17.5. The number of fused-ring (bicyclic) bond motifs is 2. The first-order valence-electron chi connectivity index (χ1n) is 10.3. The largest absolute Gasteiger partial charge is 0.481 e.